The summed E-state index contributed by atoms with van der Waals surface area (Å²) in [5.41, 5.74) is 0. The molecule has 0 bridgehead atoms. The Morgan fingerprint density at radius 1 is 0.647 bits per heavy atom. The van der Waals surface area contributed by atoms with E-state index in [9.17, 15) is 0 Å². The van der Waals surface area contributed by atoms with Gasteiger partial charge in [-0.1, -0.05) is 64.7 Å². The summed E-state index contributed by atoms with van der Waals surface area (Å²) in [5.74, 6) is 0. The molecule has 102 valence electrons. The van der Waals surface area contributed by atoms with Crippen molar-refractivity contribution < 1.29 is 19.9 Å². The average Bonchev–Trinajstić information content (AvgIpc) is 2.85. The smallest absolute Gasteiger partial charge is 0.168 e. The molecule has 0 saturated carbocycles. The van der Waals surface area contributed by atoms with Crippen molar-refractivity contribution in [3.63, 3.8) is 0 Å². The van der Waals surface area contributed by atoms with Crippen LogP contribution in [0.4, 0.5) is 0 Å². The van der Waals surface area contributed by atoms with Gasteiger partial charge < -0.3 is 0 Å². The molecule has 4 heteroatoms. The van der Waals surface area contributed by atoms with E-state index in [1.54, 1.807) is 0 Å². The van der Waals surface area contributed by atoms with E-state index in [1.165, 1.54) is 57.8 Å². The van der Waals surface area contributed by atoms with Gasteiger partial charge in [-0.2, -0.15) is 9.78 Å². The zero-order chi connectivity index (χ0) is 12.2. The lowest BCUT2D eigenvalue weighted by Gasteiger charge is -2.03. The lowest BCUT2D eigenvalue weighted by Crippen LogP contribution is -2.06. The average molecular weight is 246 g/mol. The summed E-state index contributed by atoms with van der Waals surface area (Å²) in [7, 11) is 0. The summed E-state index contributed by atoms with van der Waals surface area (Å²) in [6.07, 6.45) is 13.8. The number of hydrogen-bond acceptors (Lipinski definition) is 4. The fraction of sp³-hybridized carbons (Fsp3) is 1.00. The Morgan fingerprint density at radius 2 is 1.12 bits per heavy atom. The highest BCUT2D eigenvalue weighted by molar-refractivity contribution is 4.49. The molecule has 0 amide bonds. The molecule has 0 aromatic rings. The molecule has 1 saturated heterocycles. The van der Waals surface area contributed by atoms with Gasteiger partial charge in [0.25, 0.3) is 0 Å². The van der Waals surface area contributed by atoms with Gasteiger partial charge in [0.1, 0.15) is 0 Å². The minimum Gasteiger partial charge on any atom is -0.168 e. The Balaban J connectivity index is 1.69. The number of rotatable bonds is 11. The van der Waals surface area contributed by atoms with Crippen LogP contribution >= 0.6 is 0 Å². The quantitative estimate of drug-likeness (QED) is 0.398. The first-order valence-electron chi connectivity index (χ1n) is 7.09. The molecular formula is C13H26O4. The van der Waals surface area contributed by atoms with Crippen molar-refractivity contribution in [1.29, 1.82) is 0 Å². The van der Waals surface area contributed by atoms with Crippen LogP contribution < -0.4 is 0 Å². The maximum atomic E-state index is 4.69. The first-order chi connectivity index (χ1) is 8.43. The highest BCUT2D eigenvalue weighted by Crippen LogP contribution is 2.16. The Labute approximate surface area is 104 Å². The van der Waals surface area contributed by atoms with E-state index < -0.39 is 0 Å². The highest BCUT2D eigenvalue weighted by atomic mass is 17.7. The third kappa shape index (κ3) is 8.55. The first kappa shape index (κ1) is 14.9. The summed E-state index contributed by atoms with van der Waals surface area (Å²) >= 11 is 0. The van der Waals surface area contributed by atoms with Crippen LogP contribution in [0.2, 0.25) is 0 Å². The molecular weight excluding hydrogens is 220 g/mol. The molecule has 0 radical (unpaired) electrons. The van der Waals surface area contributed by atoms with Crippen LogP contribution in [0.15, 0.2) is 0 Å². The Hall–Kier alpha value is -0.160. The Bertz CT molecular complexity index is 157. The number of hydrogen-bond donors (Lipinski definition) is 0. The van der Waals surface area contributed by atoms with E-state index in [0.717, 1.165) is 12.8 Å². The molecule has 0 N–H and O–H groups in total. The molecule has 4 nitrogen and oxygen atoms in total. The molecule has 1 aliphatic heterocycles. The van der Waals surface area contributed by atoms with Crippen LogP contribution in [0.1, 0.15) is 77.6 Å². The molecule has 0 aromatic heterocycles. The fourth-order valence-electron chi connectivity index (χ4n) is 2.03. The van der Waals surface area contributed by atoms with Crippen molar-refractivity contribution in [3.8, 4) is 0 Å². The summed E-state index contributed by atoms with van der Waals surface area (Å²) in [6, 6.07) is 0. The van der Waals surface area contributed by atoms with Crippen molar-refractivity contribution in [2.24, 2.45) is 0 Å². The molecule has 1 heterocycles. The summed E-state index contributed by atoms with van der Waals surface area (Å²) in [5, 5.41) is 8.35. The topological polar surface area (TPSA) is 36.9 Å². The van der Waals surface area contributed by atoms with Gasteiger partial charge in [0.2, 0.25) is 6.29 Å². The lowest BCUT2D eigenvalue weighted by molar-refractivity contribution is -0.532. The molecule has 1 aliphatic rings. The predicted molar refractivity (Wildman–Crippen MR) is 64.6 cm³/mol. The van der Waals surface area contributed by atoms with Crippen molar-refractivity contribution in [2.75, 3.05) is 0 Å². The zero-order valence-electron chi connectivity index (χ0n) is 11.0. The minimum atomic E-state index is -0.330. The van der Waals surface area contributed by atoms with Gasteiger partial charge >= 0.3 is 0 Å². The van der Waals surface area contributed by atoms with E-state index in [-0.39, 0.29) is 6.29 Å². The normalized spacial score (nSPS) is 16.8. The number of unbranched alkanes of at least 4 members (excludes halogenated alkanes) is 9. The van der Waals surface area contributed by atoms with Crippen molar-refractivity contribution in [2.45, 2.75) is 83.8 Å². The second-order valence-electron chi connectivity index (χ2n) is 4.73. The molecule has 0 aromatic carbocycles. The summed E-state index contributed by atoms with van der Waals surface area (Å²) in [4.78, 5) is 9.38. The SMILES string of the molecule is CCCCCCCCCCCCC1OOOO1. The first-order valence-corrected chi connectivity index (χ1v) is 7.09. The molecule has 1 fully saturated rings. The third-order valence-electron chi connectivity index (χ3n) is 3.11. The maximum Gasteiger partial charge on any atom is 0.230 e. The second-order valence-corrected chi connectivity index (χ2v) is 4.73. The van der Waals surface area contributed by atoms with Crippen molar-refractivity contribution >= 4 is 0 Å². The summed E-state index contributed by atoms with van der Waals surface area (Å²) in [6.45, 7) is 2.26. The van der Waals surface area contributed by atoms with Gasteiger partial charge in [-0.15, -0.1) is 0 Å². The minimum absolute atomic E-state index is 0.330. The van der Waals surface area contributed by atoms with Gasteiger partial charge in [0.15, 0.2) is 0 Å². The largest absolute Gasteiger partial charge is 0.230 e. The summed E-state index contributed by atoms with van der Waals surface area (Å²) < 4.78 is 0. The standard InChI is InChI=1S/C13H26O4/c1-2-3-4-5-6-7-8-9-10-11-12-13-14-16-17-15-13/h13H,2-12H2,1H3. The van der Waals surface area contributed by atoms with Gasteiger partial charge in [-0.25, -0.2) is 0 Å². The lowest BCUT2D eigenvalue weighted by atomic mass is 10.1. The van der Waals surface area contributed by atoms with Crippen LogP contribution in [0, 0.1) is 0 Å². The van der Waals surface area contributed by atoms with Crippen LogP contribution in [0.3, 0.4) is 0 Å². The fourth-order valence-corrected chi connectivity index (χ4v) is 2.03. The monoisotopic (exact) mass is 246 g/mol. The van der Waals surface area contributed by atoms with E-state index in [0.29, 0.717) is 0 Å². The Kier molecular flexibility index (Phi) is 9.61. The van der Waals surface area contributed by atoms with E-state index in [2.05, 4.69) is 17.0 Å². The molecule has 0 aliphatic carbocycles. The van der Waals surface area contributed by atoms with Crippen LogP contribution in [-0.4, -0.2) is 6.29 Å². The van der Waals surface area contributed by atoms with Gasteiger partial charge in [0.05, 0.1) is 0 Å². The van der Waals surface area contributed by atoms with E-state index >= 15 is 0 Å². The molecule has 17 heavy (non-hydrogen) atoms. The van der Waals surface area contributed by atoms with E-state index in [4.69, 9.17) is 9.78 Å². The Morgan fingerprint density at radius 3 is 1.65 bits per heavy atom. The second kappa shape index (κ2) is 11.0. The third-order valence-corrected chi connectivity index (χ3v) is 3.11. The molecule has 1 rings (SSSR count). The molecule has 0 spiro atoms. The van der Waals surface area contributed by atoms with E-state index in [1.807, 2.05) is 0 Å². The zero-order valence-corrected chi connectivity index (χ0v) is 11.0. The van der Waals surface area contributed by atoms with Gasteiger partial charge in [-0.05, 0) is 16.5 Å². The van der Waals surface area contributed by atoms with Gasteiger partial charge in [0, 0.05) is 6.42 Å². The van der Waals surface area contributed by atoms with Gasteiger partial charge in [-0.3, -0.25) is 0 Å². The van der Waals surface area contributed by atoms with Crippen molar-refractivity contribution in [1.82, 2.24) is 0 Å². The van der Waals surface area contributed by atoms with Crippen LogP contribution in [0.25, 0.3) is 0 Å². The highest BCUT2D eigenvalue weighted by Gasteiger charge is 2.19. The van der Waals surface area contributed by atoms with Crippen molar-refractivity contribution in [3.05, 3.63) is 0 Å². The van der Waals surface area contributed by atoms with Crippen LogP contribution in [-0.2, 0) is 19.9 Å². The molecule has 0 atom stereocenters. The predicted octanol–water partition coefficient (Wildman–Crippen LogP) is 4.45. The molecule has 0 unspecified atom stereocenters. The van der Waals surface area contributed by atoms with Crippen LogP contribution in [0.5, 0.6) is 0 Å². The maximum absolute atomic E-state index is 4.69.